The summed E-state index contributed by atoms with van der Waals surface area (Å²) in [6, 6.07) is 5.05. The smallest absolute Gasteiger partial charge is 0.245 e. The first-order valence-corrected chi connectivity index (χ1v) is 7.47. The van der Waals surface area contributed by atoms with Gasteiger partial charge in [0.1, 0.15) is 0 Å². The van der Waals surface area contributed by atoms with Gasteiger partial charge in [-0.3, -0.25) is 0 Å². The van der Waals surface area contributed by atoms with Crippen molar-refractivity contribution in [1.82, 2.24) is 19.9 Å². The van der Waals surface area contributed by atoms with Crippen LogP contribution in [0, 0.1) is 6.92 Å². The van der Waals surface area contributed by atoms with Crippen LogP contribution in [0.3, 0.4) is 0 Å². The van der Waals surface area contributed by atoms with E-state index >= 15 is 0 Å². The molecule has 0 amide bonds. The minimum Gasteiger partial charge on any atom is -0.336 e. The molecule has 0 aromatic carbocycles. The Morgan fingerprint density at radius 1 is 1.50 bits per heavy atom. The first-order chi connectivity index (χ1) is 9.65. The van der Waals surface area contributed by atoms with Gasteiger partial charge in [-0.1, -0.05) is 6.07 Å². The number of fused-ring (bicyclic) bond motifs is 1. The first-order valence-electron chi connectivity index (χ1n) is 7.47. The van der Waals surface area contributed by atoms with Crippen LogP contribution in [0.4, 0.5) is 5.95 Å². The van der Waals surface area contributed by atoms with Crippen LogP contribution >= 0.6 is 0 Å². The zero-order valence-electron chi connectivity index (χ0n) is 12.5. The molecule has 5 nitrogen and oxygen atoms in total. The van der Waals surface area contributed by atoms with Gasteiger partial charge in [-0.15, -0.1) is 5.10 Å². The second kappa shape index (κ2) is 5.40. The SMILES string of the molecule is Cc1cccn2nc(N(CC3CCCN3)C(C)C)nc12. The molecule has 0 bridgehead atoms. The second-order valence-electron chi connectivity index (χ2n) is 5.91. The maximum absolute atomic E-state index is 4.73. The average Bonchev–Trinajstić information content (AvgIpc) is 3.05. The van der Waals surface area contributed by atoms with Gasteiger partial charge < -0.3 is 10.2 Å². The van der Waals surface area contributed by atoms with Gasteiger partial charge in [-0.25, -0.2) is 4.52 Å². The minimum absolute atomic E-state index is 0.398. The molecule has 1 unspecified atom stereocenters. The first kappa shape index (κ1) is 13.4. The summed E-state index contributed by atoms with van der Waals surface area (Å²) in [5.74, 6) is 0.836. The molecule has 20 heavy (non-hydrogen) atoms. The Bertz CT molecular complexity index is 583. The average molecular weight is 273 g/mol. The van der Waals surface area contributed by atoms with Gasteiger partial charge in [0.15, 0.2) is 5.65 Å². The fourth-order valence-electron chi connectivity index (χ4n) is 2.82. The van der Waals surface area contributed by atoms with Crippen LogP contribution in [-0.2, 0) is 0 Å². The molecular weight excluding hydrogens is 250 g/mol. The van der Waals surface area contributed by atoms with Crippen molar-refractivity contribution >= 4 is 11.6 Å². The van der Waals surface area contributed by atoms with Crippen LogP contribution in [-0.4, -0.2) is 39.8 Å². The standard InChI is InChI=1S/C15H23N5/c1-11(2)19(10-13-7-4-8-16-13)15-17-14-12(3)6-5-9-20(14)18-15/h5-6,9,11,13,16H,4,7-8,10H2,1-3H3. The number of anilines is 1. The Labute approximate surface area is 120 Å². The van der Waals surface area contributed by atoms with Gasteiger partial charge in [0.05, 0.1) is 0 Å². The zero-order chi connectivity index (χ0) is 14.1. The Balaban J connectivity index is 1.90. The lowest BCUT2D eigenvalue weighted by molar-refractivity contribution is 0.544. The van der Waals surface area contributed by atoms with Crippen LogP contribution in [0.5, 0.6) is 0 Å². The molecule has 3 heterocycles. The predicted molar refractivity (Wildman–Crippen MR) is 81.2 cm³/mol. The Morgan fingerprint density at radius 3 is 3.00 bits per heavy atom. The van der Waals surface area contributed by atoms with Crippen molar-refractivity contribution in [3.63, 3.8) is 0 Å². The molecule has 0 aliphatic carbocycles. The lowest BCUT2D eigenvalue weighted by Gasteiger charge is -2.28. The van der Waals surface area contributed by atoms with Gasteiger partial charge >= 0.3 is 0 Å². The number of nitrogens with one attached hydrogen (secondary N) is 1. The third-order valence-electron chi connectivity index (χ3n) is 4.01. The van der Waals surface area contributed by atoms with Crippen molar-refractivity contribution in [2.24, 2.45) is 0 Å². The monoisotopic (exact) mass is 273 g/mol. The van der Waals surface area contributed by atoms with Gasteiger partial charge in [0.25, 0.3) is 0 Å². The molecule has 1 atom stereocenters. The van der Waals surface area contributed by atoms with E-state index < -0.39 is 0 Å². The fraction of sp³-hybridized carbons (Fsp3) is 0.600. The van der Waals surface area contributed by atoms with Crippen LogP contribution in [0.15, 0.2) is 18.3 Å². The normalized spacial score (nSPS) is 19.1. The second-order valence-corrected chi connectivity index (χ2v) is 5.91. The van der Waals surface area contributed by atoms with Crippen molar-refractivity contribution in [2.75, 3.05) is 18.0 Å². The summed E-state index contributed by atoms with van der Waals surface area (Å²) in [7, 11) is 0. The topological polar surface area (TPSA) is 45.5 Å². The molecule has 108 valence electrons. The number of hydrogen-bond donors (Lipinski definition) is 1. The van der Waals surface area contributed by atoms with E-state index in [0.29, 0.717) is 12.1 Å². The van der Waals surface area contributed by atoms with Gasteiger partial charge in [0.2, 0.25) is 5.95 Å². The van der Waals surface area contributed by atoms with Crippen LogP contribution in [0.25, 0.3) is 5.65 Å². The molecule has 0 saturated carbocycles. The predicted octanol–water partition coefficient (Wildman–Crippen LogP) is 2.00. The molecule has 2 aromatic rings. The van der Waals surface area contributed by atoms with Crippen LogP contribution in [0.2, 0.25) is 0 Å². The molecule has 0 radical (unpaired) electrons. The Morgan fingerprint density at radius 2 is 2.35 bits per heavy atom. The molecule has 1 saturated heterocycles. The highest BCUT2D eigenvalue weighted by atomic mass is 15.4. The Kier molecular flexibility index (Phi) is 3.61. The van der Waals surface area contributed by atoms with Crippen molar-refractivity contribution in [2.45, 2.75) is 45.7 Å². The summed E-state index contributed by atoms with van der Waals surface area (Å²) in [5.41, 5.74) is 2.11. The van der Waals surface area contributed by atoms with E-state index in [1.54, 1.807) is 0 Å². The van der Waals surface area contributed by atoms with Crippen molar-refractivity contribution in [1.29, 1.82) is 0 Å². The summed E-state index contributed by atoms with van der Waals surface area (Å²) < 4.78 is 1.88. The number of nitrogens with zero attached hydrogens (tertiary/aromatic N) is 4. The van der Waals surface area contributed by atoms with Gasteiger partial charge in [-0.05, 0) is 51.8 Å². The van der Waals surface area contributed by atoms with E-state index in [4.69, 9.17) is 4.98 Å². The number of aryl methyl sites for hydroxylation is 1. The fourth-order valence-corrected chi connectivity index (χ4v) is 2.82. The molecule has 1 N–H and O–H groups in total. The quantitative estimate of drug-likeness (QED) is 0.925. The summed E-state index contributed by atoms with van der Waals surface area (Å²) >= 11 is 0. The molecule has 2 aromatic heterocycles. The molecular formula is C15H23N5. The maximum Gasteiger partial charge on any atom is 0.245 e. The highest BCUT2D eigenvalue weighted by Crippen LogP contribution is 2.18. The lowest BCUT2D eigenvalue weighted by Crippen LogP contribution is -2.42. The van der Waals surface area contributed by atoms with Crippen LogP contribution in [0.1, 0.15) is 32.3 Å². The van der Waals surface area contributed by atoms with Crippen molar-refractivity contribution in [3.05, 3.63) is 23.9 Å². The van der Waals surface area contributed by atoms with Gasteiger partial charge in [-0.2, -0.15) is 4.98 Å². The van der Waals surface area contributed by atoms with E-state index in [2.05, 4.69) is 42.2 Å². The summed E-state index contributed by atoms with van der Waals surface area (Å²) in [6.07, 6.45) is 4.48. The summed E-state index contributed by atoms with van der Waals surface area (Å²) in [5, 5.41) is 8.19. The van der Waals surface area contributed by atoms with E-state index in [-0.39, 0.29) is 0 Å². The van der Waals surface area contributed by atoms with Crippen molar-refractivity contribution in [3.8, 4) is 0 Å². The van der Waals surface area contributed by atoms with Gasteiger partial charge in [0, 0.05) is 24.8 Å². The third-order valence-corrected chi connectivity index (χ3v) is 4.01. The number of rotatable bonds is 4. The largest absolute Gasteiger partial charge is 0.336 e. The lowest BCUT2D eigenvalue weighted by atomic mass is 10.2. The molecule has 5 heteroatoms. The zero-order valence-corrected chi connectivity index (χ0v) is 12.5. The van der Waals surface area contributed by atoms with E-state index in [1.807, 2.05) is 16.8 Å². The maximum atomic E-state index is 4.73. The van der Waals surface area contributed by atoms with Crippen molar-refractivity contribution < 1.29 is 0 Å². The molecule has 1 fully saturated rings. The molecule has 0 spiro atoms. The van der Waals surface area contributed by atoms with E-state index in [0.717, 1.165) is 30.2 Å². The highest BCUT2D eigenvalue weighted by molar-refractivity contribution is 5.50. The number of aromatic nitrogens is 3. The number of hydrogen-bond acceptors (Lipinski definition) is 4. The Hall–Kier alpha value is -1.62. The molecule has 1 aliphatic rings. The summed E-state index contributed by atoms with van der Waals surface area (Å²) in [4.78, 5) is 7.03. The minimum atomic E-state index is 0.398. The highest BCUT2D eigenvalue weighted by Gasteiger charge is 2.22. The summed E-state index contributed by atoms with van der Waals surface area (Å²) in [6.45, 7) is 8.59. The number of pyridine rings is 1. The molecule has 1 aliphatic heterocycles. The third kappa shape index (κ3) is 2.50. The van der Waals surface area contributed by atoms with E-state index in [9.17, 15) is 0 Å². The van der Waals surface area contributed by atoms with Crippen LogP contribution < -0.4 is 10.2 Å². The molecule has 3 rings (SSSR count). The van der Waals surface area contributed by atoms with E-state index in [1.165, 1.54) is 12.8 Å².